The second-order valence-corrected chi connectivity index (χ2v) is 7.04. The van der Waals surface area contributed by atoms with Gasteiger partial charge in [0, 0.05) is 32.7 Å². The van der Waals surface area contributed by atoms with Gasteiger partial charge in [0.15, 0.2) is 0 Å². The summed E-state index contributed by atoms with van der Waals surface area (Å²) in [5.74, 6) is 0.546. The lowest BCUT2D eigenvalue weighted by Crippen LogP contribution is -2.50. The van der Waals surface area contributed by atoms with Gasteiger partial charge in [-0.1, -0.05) is 30.3 Å². The molecule has 2 aliphatic heterocycles. The molecule has 2 amide bonds. The van der Waals surface area contributed by atoms with E-state index in [2.05, 4.69) is 40.5 Å². The number of carbonyl (C=O) groups is 1. The van der Waals surface area contributed by atoms with Gasteiger partial charge in [0.2, 0.25) is 0 Å². The number of piperidine rings is 1. The zero-order valence-electron chi connectivity index (χ0n) is 14.6. The van der Waals surface area contributed by atoms with Crippen molar-refractivity contribution < 1.29 is 9.53 Å². The lowest BCUT2D eigenvalue weighted by molar-refractivity contribution is -0.00370. The molecule has 0 spiro atoms. The molecule has 2 fully saturated rings. The molecule has 0 bridgehead atoms. The number of hydrogen-bond acceptors (Lipinski definition) is 3. The second-order valence-electron chi connectivity index (χ2n) is 7.04. The second kappa shape index (κ2) is 8.49. The molecule has 0 saturated carbocycles. The first-order valence-corrected chi connectivity index (χ1v) is 9.11. The smallest absolute Gasteiger partial charge is 0.317 e. The fourth-order valence-corrected chi connectivity index (χ4v) is 3.65. The standard InChI is InChI=1S/C19H29N3O2/c1-16-13-22(10-11-24-16)19(23)20-12-18-8-5-9-21(15-18)14-17-6-3-2-4-7-17/h2-4,6-7,16,18H,5,8-15H2,1H3,(H,20,23). The molecule has 0 aliphatic carbocycles. The van der Waals surface area contributed by atoms with Gasteiger partial charge in [0.25, 0.3) is 0 Å². The van der Waals surface area contributed by atoms with E-state index in [1.165, 1.54) is 18.4 Å². The highest BCUT2D eigenvalue weighted by Gasteiger charge is 2.24. The van der Waals surface area contributed by atoms with Crippen LogP contribution in [-0.2, 0) is 11.3 Å². The van der Waals surface area contributed by atoms with E-state index in [4.69, 9.17) is 4.74 Å². The topological polar surface area (TPSA) is 44.8 Å². The van der Waals surface area contributed by atoms with Gasteiger partial charge in [-0.05, 0) is 37.8 Å². The molecular formula is C19H29N3O2. The molecule has 1 N–H and O–H groups in total. The molecule has 1 aromatic carbocycles. The minimum atomic E-state index is 0.0605. The van der Waals surface area contributed by atoms with Gasteiger partial charge >= 0.3 is 6.03 Å². The Kier molecular flexibility index (Phi) is 6.10. The van der Waals surface area contributed by atoms with Gasteiger partial charge in [-0.3, -0.25) is 4.90 Å². The minimum Gasteiger partial charge on any atom is -0.375 e. The Morgan fingerprint density at radius 3 is 2.88 bits per heavy atom. The number of urea groups is 1. The number of nitrogens with zero attached hydrogens (tertiary/aromatic N) is 2. The van der Waals surface area contributed by atoms with E-state index in [9.17, 15) is 4.79 Å². The van der Waals surface area contributed by atoms with Crippen LogP contribution in [0, 0.1) is 5.92 Å². The highest BCUT2D eigenvalue weighted by molar-refractivity contribution is 5.74. The van der Waals surface area contributed by atoms with Gasteiger partial charge in [0.1, 0.15) is 0 Å². The molecule has 2 aliphatic rings. The fraction of sp³-hybridized carbons (Fsp3) is 0.632. The van der Waals surface area contributed by atoms with Crippen molar-refractivity contribution in [3.8, 4) is 0 Å². The van der Waals surface area contributed by atoms with E-state index >= 15 is 0 Å². The summed E-state index contributed by atoms with van der Waals surface area (Å²) in [5, 5.41) is 3.13. The van der Waals surface area contributed by atoms with E-state index in [1.54, 1.807) is 0 Å². The van der Waals surface area contributed by atoms with Crippen molar-refractivity contribution in [2.45, 2.75) is 32.4 Å². The van der Waals surface area contributed by atoms with Crippen LogP contribution < -0.4 is 5.32 Å². The van der Waals surface area contributed by atoms with Crippen molar-refractivity contribution in [2.24, 2.45) is 5.92 Å². The van der Waals surface area contributed by atoms with Crippen LogP contribution in [0.25, 0.3) is 0 Å². The number of rotatable bonds is 4. The molecule has 0 radical (unpaired) electrons. The van der Waals surface area contributed by atoms with Crippen LogP contribution in [0.15, 0.2) is 30.3 Å². The van der Waals surface area contributed by atoms with Crippen molar-refractivity contribution in [2.75, 3.05) is 39.3 Å². The summed E-state index contributed by atoms with van der Waals surface area (Å²) in [5.41, 5.74) is 1.37. The Morgan fingerprint density at radius 2 is 2.08 bits per heavy atom. The quantitative estimate of drug-likeness (QED) is 0.921. The maximum atomic E-state index is 12.3. The van der Waals surface area contributed by atoms with Crippen molar-refractivity contribution in [3.05, 3.63) is 35.9 Å². The van der Waals surface area contributed by atoms with Crippen molar-refractivity contribution in [1.82, 2.24) is 15.1 Å². The lowest BCUT2D eigenvalue weighted by Gasteiger charge is -2.34. The summed E-state index contributed by atoms with van der Waals surface area (Å²) in [6.07, 6.45) is 2.55. The SMILES string of the molecule is CC1CN(C(=O)NCC2CCCN(Cc3ccccc3)C2)CCO1. The predicted octanol–water partition coefficient (Wildman–Crippen LogP) is 2.33. The Labute approximate surface area is 145 Å². The highest BCUT2D eigenvalue weighted by Crippen LogP contribution is 2.18. The first-order valence-electron chi connectivity index (χ1n) is 9.11. The van der Waals surface area contributed by atoms with Gasteiger partial charge in [-0.15, -0.1) is 0 Å². The third-order valence-electron chi connectivity index (χ3n) is 4.92. The number of nitrogens with one attached hydrogen (secondary N) is 1. The molecule has 2 atom stereocenters. The predicted molar refractivity (Wildman–Crippen MR) is 94.8 cm³/mol. The number of ether oxygens (including phenoxy) is 1. The largest absolute Gasteiger partial charge is 0.375 e. The van der Waals surface area contributed by atoms with Crippen LogP contribution in [0.3, 0.4) is 0 Å². The Balaban J connectivity index is 1.42. The van der Waals surface area contributed by atoms with E-state index in [0.717, 1.165) is 26.2 Å². The maximum absolute atomic E-state index is 12.3. The summed E-state index contributed by atoms with van der Waals surface area (Å²) in [4.78, 5) is 16.7. The monoisotopic (exact) mass is 331 g/mol. The number of hydrogen-bond donors (Lipinski definition) is 1. The number of amides is 2. The summed E-state index contributed by atoms with van der Waals surface area (Å²) >= 11 is 0. The van der Waals surface area contributed by atoms with Gasteiger partial charge < -0.3 is 15.0 Å². The number of carbonyl (C=O) groups excluding carboxylic acids is 1. The molecule has 2 saturated heterocycles. The van der Waals surface area contributed by atoms with Crippen LogP contribution in [0.1, 0.15) is 25.3 Å². The third kappa shape index (κ3) is 4.95. The van der Waals surface area contributed by atoms with E-state index in [0.29, 0.717) is 25.6 Å². The average molecular weight is 331 g/mol. The van der Waals surface area contributed by atoms with Crippen LogP contribution in [0.5, 0.6) is 0 Å². The molecule has 3 rings (SSSR count). The van der Waals surface area contributed by atoms with Crippen LogP contribution >= 0.6 is 0 Å². The van der Waals surface area contributed by atoms with Crippen LogP contribution in [0.4, 0.5) is 4.79 Å². The summed E-state index contributed by atoms with van der Waals surface area (Å²) in [6.45, 7) is 8.04. The maximum Gasteiger partial charge on any atom is 0.317 e. The first-order chi connectivity index (χ1) is 11.7. The van der Waals surface area contributed by atoms with E-state index < -0.39 is 0 Å². The van der Waals surface area contributed by atoms with Gasteiger partial charge in [0.05, 0.1) is 12.7 Å². The van der Waals surface area contributed by atoms with Crippen molar-refractivity contribution in [1.29, 1.82) is 0 Å². The lowest BCUT2D eigenvalue weighted by atomic mass is 9.97. The highest BCUT2D eigenvalue weighted by atomic mass is 16.5. The Hall–Kier alpha value is -1.59. The average Bonchev–Trinajstić information content (AvgIpc) is 2.61. The molecule has 132 valence electrons. The molecule has 24 heavy (non-hydrogen) atoms. The first kappa shape index (κ1) is 17.2. The molecule has 2 heterocycles. The molecule has 5 heteroatoms. The molecule has 2 unspecified atom stereocenters. The zero-order valence-corrected chi connectivity index (χ0v) is 14.6. The van der Waals surface area contributed by atoms with Crippen molar-refractivity contribution >= 4 is 6.03 Å². The Morgan fingerprint density at radius 1 is 1.25 bits per heavy atom. The number of likely N-dealkylation sites (tertiary alicyclic amines) is 1. The zero-order chi connectivity index (χ0) is 16.8. The molecule has 5 nitrogen and oxygen atoms in total. The fourth-order valence-electron chi connectivity index (χ4n) is 3.65. The van der Waals surface area contributed by atoms with E-state index in [-0.39, 0.29) is 12.1 Å². The van der Waals surface area contributed by atoms with Crippen LogP contribution in [-0.4, -0.2) is 61.3 Å². The third-order valence-corrected chi connectivity index (χ3v) is 4.92. The minimum absolute atomic E-state index is 0.0605. The molecular weight excluding hydrogens is 302 g/mol. The Bertz CT molecular complexity index is 523. The van der Waals surface area contributed by atoms with E-state index in [1.807, 2.05) is 11.8 Å². The molecule has 1 aromatic rings. The number of morpholine rings is 1. The van der Waals surface area contributed by atoms with Crippen LogP contribution in [0.2, 0.25) is 0 Å². The summed E-state index contributed by atoms with van der Waals surface area (Å²) in [7, 11) is 0. The van der Waals surface area contributed by atoms with Crippen molar-refractivity contribution in [3.63, 3.8) is 0 Å². The summed E-state index contributed by atoms with van der Waals surface area (Å²) in [6, 6.07) is 10.7. The van der Waals surface area contributed by atoms with Gasteiger partial charge in [-0.25, -0.2) is 4.79 Å². The molecule has 0 aromatic heterocycles. The normalized spacial score (nSPS) is 25.5. The number of benzene rings is 1. The van der Waals surface area contributed by atoms with Gasteiger partial charge in [-0.2, -0.15) is 0 Å². The summed E-state index contributed by atoms with van der Waals surface area (Å²) < 4.78 is 5.49.